The van der Waals surface area contributed by atoms with E-state index in [1.165, 1.54) is 0 Å². The first-order valence-electron chi connectivity index (χ1n) is 8.51. The molecule has 0 aromatic heterocycles. The third-order valence-electron chi connectivity index (χ3n) is 3.92. The Balaban J connectivity index is 1.60. The molecule has 0 radical (unpaired) electrons. The summed E-state index contributed by atoms with van der Waals surface area (Å²) >= 11 is 6.05. The van der Waals surface area contributed by atoms with Gasteiger partial charge in [-0.15, -0.1) is 0 Å². The molecule has 1 heterocycles. The highest BCUT2D eigenvalue weighted by Gasteiger charge is 2.28. The molecule has 1 aliphatic heterocycles. The quantitative estimate of drug-likeness (QED) is 0.466. The third-order valence-corrected chi connectivity index (χ3v) is 4.33. The summed E-state index contributed by atoms with van der Waals surface area (Å²) in [5.74, 6) is -0.639. The van der Waals surface area contributed by atoms with Crippen molar-refractivity contribution in [2.45, 2.75) is 19.4 Å². The molecular weight excluding hydrogens is 380 g/mol. The zero-order valence-corrected chi connectivity index (χ0v) is 15.8. The molecule has 0 spiro atoms. The van der Waals surface area contributed by atoms with E-state index < -0.39 is 11.9 Å². The zero-order valence-electron chi connectivity index (χ0n) is 15.1. The number of aryl methyl sites for hydroxylation is 1. The monoisotopic (exact) mass is 398 g/mol. The molecule has 0 fully saturated rings. The second kappa shape index (κ2) is 8.53. The van der Waals surface area contributed by atoms with Crippen LogP contribution in [0.2, 0.25) is 5.02 Å². The van der Waals surface area contributed by atoms with Crippen molar-refractivity contribution in [3.05, 3.63) is 59.1 Å². The van der Waals surface area contributed by atoms with Gasteiger partial charge in [-0.1, -0.05) is 35.9 Å². The van der Waals surface area contributed by atoms with Crippen molar-refractivity contribution >= 4 is 46.7 Å². The fourth-order valence-electron chi connectivity index (χ4n) is 2.50. The van der Waals surface area contributed by atoms with Crippen LogP contribution < -0.4 is 21.7 Å². The lowest BCUT2D eigenvalue weighted by molar-refractivity contribution is -0.123. The number of halogens is 1. The van der Waals surface area contributed by atoms with Gasteiger partial charge in [-0.3, -0.25) is 14.9 Å². The number of hydrogen-bond acceptors (Lipinski definition) is 4. The Labute approximate surface area is 166 Å². The molecule has 0 aliphatic carbocycles. The number of nitrogens with zero attached hydrogens (tertiary/aromatic N) is 2. The van der Waals surface area contributed by atoms with Gasteiger partial charge in [0.1, 0.15) is 6.04 Å². The molecule has 144 valence electrons. The number of para-hydroxylation sites is 1. The van der Waals surface area contributed by atoms with Crippen molar-refractivity contribution < 1.29 is 9.59 Å². The maximum Gasteiger partial charge on any atom is 0.252 e. The molecule has 0 unspecified atom stereocenters. The summed E-state index contributed by atoms with van der Waals surface area (Å²) < 4.78 is 0. The number of nitrogens with one attached hydrogen (secondary N) is 3. The van der Waals surface area contributed by atoms with Crippen LogP contribution in [-0.2, 0) is 9.59 Å². The van der Waals surface area contributed by atoms with E-state index in [-0.39, 0.29) is 24.2 Å². The van der Waals surface area contributed by atoms with Gasteiger partial charge in [0.05, 0.1) is 6.42 Å². The van der Waals surface area contributed by atoms with Crippen LogP contribution in [0.5, 0.6) is 0 Å². The van der Waals surface area contributed by atoms with Crippen molar-refractivity contribution in [3.63, 3.8) is 0 Å². The van der Waals surface area contributed by atoms with E-state index in [4.69, 9.17) is 17.3 Å². The summed E-state index contributed by atoms with van der Waals surface area (Å²) in [5.41, 5.74) is 8.03. The average molecular weight is 399 g/mol. The van der Waals surface area contributed by atoms with Crippen LogP contribution in [-0.4, -0.2) is 29.8 Å². The number of benzene rings is 2. The average Bonchev–Trinajstić information content (AvgIpc) is 2.97. The van der Waals surface area contributed by atoms with E-state index in [1.54, 1.807) is 18.2 Å². The van der Waals surface area contributed by atoms with Gasteiger partial charge < -0.3 is 16.4 Å². The Morgan fingerprint density at radius 2 is 1.96 bits per heavy atom. The smallest absolute Gasteiger partial charge is 0.252 e. The van der Waals surface area contributed by atoms with Crippen LogP contribution in [0.25, 0.3) is 0 Å². The zero-order chi connectivity index (χ0) is 20.1. The molecule has 2 aromatic carbocycles. The lowest BCUT2D eigenvalue weighted by Gasteiger charge is -2.08. The highest BCUT2D eigenvalue weighted by Crippen LogP contribution is 2.20. The van der Waals surface area contributed by atoms with Crippen molar-refractivity contribution in [1.29, 1.82) is 0 Å². The van der Waals surface area contributed by atoms with Crippen LogP contribution >= 0.6 is 11.6 Å². The van der Waals surface area contributed by atoms with Gasteiger partial charge >= 0.3 is 0 Å². The third kappa shape index (κ3) is 5.08. The topological polar surface area (TPSA) is 121 Å². The van der Waals surface area contributed by atoms with Crippen LogP contribution in [0.15, 0.2) is 58.5 Å². The normalized spacial score (nSPS) is 16.4. The van der Waals surface area contributed by atoms with E-state index >= 15 is 0 Å². The number of aliphatic imine (C=N–C) groups is 2. The Morgan fingerprint density at radius 1 is 1.21 bits per heavy atom. The number of amides is 2. The lowest BCUT2D eigenvalue weighted by Crippen LogP contribution is -2.32. The standard InChI is InChI=1S/C19H19ClN6O2/c1-11-7-8-13(9-14(11)20)22-16(27)10-15-17(28)25-19(24-15)26-18(21)23-12-5-3-2-4-6-12/h2-9,15H,10H2,1H3,(H,22,27)(H4,21,23,24,25,26,28)/t15-/m0/s1. The van der Waals surface area contributed by atoms with Crippen LogP contribution in [0, 0.1) is 6.92 Å². The van der Waals surface area contributed by atoms with Gasteiger partial charge in [0.15, 0.2) is 0 Å². The number of anilines is 2. The molecule has 9 heteroatoms. The molecule has 0 saturated heterocycles. The molecule has 8 nitrogen and oxygen atoms in total. The number of hydrogen-bond donors (Lipinski definition) is 4. The van der Waals surface area contributed by atoms with E-state index in [1.807, 2.05) is 37.3 Å². The summed E-state index contributed by atoms with van der Waals surface area (Å²) in [5, 5.41) is 8.64. The van der Waals surface area contributed by atoms with Gasteiger partial charge in [-0.25, -0.2) is 4.99 Å². The number of carbonyl (C=O) groups is 2. The van der Waals surface area contributed by atoms with Crippen LogP contribution in [0.4, 0.5) is 11.4 Å². The molecule has 3 rings (SSSR count). The summed E-state index contributed by atoms with van der Waals surface area (Å²) in [7, 11) is 0. The van der Waals surface area contributed by atoms with Gasteiger partial charge in [0.2, 0.25) is 17.8 Å². The Kier molecular flexibility index (Phi) is 5.90. The van der Waals surface area contributed by atoms with E-state index in [9.17, 15) is 9.59 Å². The molecule has 0 saturated carbocycles. The number of guanidine groups is 2. The van der Waals surface area contributed by atoms with Gasteiger partial charge in [-0.2, -0.15) is 4.99 Å². The van der Waals surface area contributed by atoms with Crippen LogP contribution in [0.1, 0.15) is 12.0 Å². The van der Waals surface area contributed by atoms with E-state index in [0.29, 0.717) is 10.7 Å². The molecule has 1 aliphatic rings. The maximum atomic E-state index is 12.2. The molecule has 1 atom stereocenters. The van der Waals surface area contributed by atoms with Crippen LogP contribution in [0.3, 0.4) is 0 Å². The van der Waals surface area contributed by atoms with Crippen molar-refractivity contribution in [1.82, 2.24) is 5.32 Å². The SMILES string of the molecule is Cc1ccc(NC(=O)C[C@@H]2N=C(N=C(N)Nc3ccccc3)NC2=O)cc1Cl. The first-order valence-corrected chi connectivity index (χ1v) is 8.89. The van der Waals surface area contributed by atoms with Crippen molar-refractivity contribution in [2.24, 2.45) is 15.7 Å². The van der Waals surface area contributed by atoms with Gasteiger partial charge in [0, 0.05) is 16.4 Å². The summed E-state index contributed by atoms with van der Waals surface area (Å²) in [6, 6.07) is 13.5. The minimum Gasteiger partial charge on any atom is -0.369 e. The predicted octanol–water partition coefficient (Wildman–Crippen LogP) is 2.26. The fourth-order valence-corrected chi connectivity index (χ4v) is 2.68. The first-order chi connectivity index (χ1) is 13.4. The summed E-state index contributed by atoms with van der Waals surface area (Å²) in [4.78, 5) is 32.4. The van der Waals surface area contributed by atoms with Crippen molar-refractivity contribution in [2.75, 3.05) is 10.6 Å². The van der Waals surface area contributed by atoms with Crippen molar-refractivity contribution in [3.8, 4) is 0 Å². The second-order valence-electron chi connectivity index (χ2n) is 6.16. The Bertz CT molecular complexity index is 958. The minimum absolute atomic E-state index is 0.0575. The summed E-state index contributed by atoms with van der Waals surface area (Å²) in [6.07, 6.45) is -0.123. The lowest BCUT2D eigenvalue weighted by atomic mass is 10.2. The second-order valence-corrected chi connectivity index (χ2v) is 6.57. The highest BCUT2D eigenvalue weighted by atomic mass is 35.5. The Hall–Kier alpha value is -3.39. The van der Waals surface area contributed by atoms with Gasteiger partial charge in [-0.05, 0) is 36.8 Å². The minimum atomic E-state index is -0.871. The molecule has 2 amide bonds. The van der Waals surface area contributed by atoms with E-state index in [0.717, 1.165) is 11.3 Å². The highest BCUT2D eigenvalue weighted by molar-refractivity contribution is 6.31. The molecular formula is C19H19ClN6O2. The Morgan fingerprint density at radius 3 is 2.68 bits per heavy atom. The fraction of sp³-hybridized carbons (Fsp3) is 0.158. The molecule has 5 N–H and O–H groups in total. The van der Waals surface area contributed by atoms with Gasteiger partial charge in [0.25, 0.3) is 5.91 Å². The molecule has 2 aromatic rings. The number of rotatable bonds is 4. The first kappa shape index (κ1) is 19.4. The summed E-state index contributed by atoms with van der Waals surface area (Å²) in [6.45, 7) is 1.87. The molecule has 28 heavy (non-hydrogen) atoms. The largest absolute Gasteiger partial charge is 0.369 e. The number of nitrogens with two attached hydrogens (primary N) is 1. The predicted molar refractivity (Wildman–Crippen MR) is 110 cm³/mol. The maximum absolute atomic E-state index is 12.2. The number of carbonyl (C=O) groups excluding carboxylic acids is 2. The molecule has 0 bridgehead atoms. The van der Waals surface area contributed by atoms with E-state index in [2.05, 4.69) is 25.9 Å².